The third kappa shape index (κ3) is 4.08. The summed E-state index contributed by atoms with van der Waals surface area (Å²) in [6, 6.07) is 13.5. The molecule has 128 valence electrons. The van der Waals surface area contributed by atoms with Crippen LogP contribution in [0.1, 0.15) is 12.5 Å². The number of halogens is 2. The van der Waals surface area contributed by atoms with E-state index in [9.17, 15) is 4.39 Å². The van der Waals surface area contributed by atoms with Crippen molar-refractivity contribution in [1.29, 1.82) is 0 Å². The second-order valence-corrected chi connectivity index (χ2v) is 6.92. The molecule has 0 bridgehead atoms. The molecule has 1 heterocycles. The summed E-state index contributed by atoms with van der Waals surface area (Å²) in [7, 11) is 0. The molecule has 0 aliphatic carbocycles. The molecule has 24 heavy (non-hydrogen) atoms. The monoisotopic (exact) mass is 393 g/mol. The molecule has 0 radical (unpaired) electrons. The first-order valence-electron chi connectivity index (χ1n) is 8.41. The van der Waals surface area contributed by atoms with Crippen molar-refractivity contribution in [2.45, 2.75) is 13.5 Å². The van der Waals surface area contributed by atoms with Gasteiger partial charge in [-0.05, 0) is 47.1 Å². The zero-order valence-corrected chi connectivity index (χ0v) is 15.5. The maximum Gasteiger partial charge on any atom is 0.142 e. The summed E-state index contributed by atoms with van der Waals surface area (Å²) in [6.07, 6.45) is 0. The summed E-state index contributed by atoms with van der Waals surface area (Å²) in [5.41, 5.74) is 2.35. The summed E-state index contributed by atoms with van der Waals surface area (Å²) in [5, 5.41) is 0. The SMILES string of the molecule is CCOc1ccccc1N1CC[NH+](Cc2ccc(F)c(Br)c2)CC1. The number of rotatable bonds is 5. The Morgan fingerprint density at radius 2 is 1.92 bits per heavy atom. The number of piperazine rings is 1. The third-order valence-corrected chi connectivity index (χ3v) is 5.02. The van der Waals surface area contributed by atoms with Crippen LogP contribution in [0.2, 0.25) is 0 Å². The van der Waals surface area contributed by atoms with E-state index in [0.29, 0.717) is 11.1 Å². The molecule has 0 spiro atoms. The van der Waals surface area contributed by atoms with Crippen LogP contribution in [-0.2, 0) is 6.54 Å². The zero-order valence-electron chi connectivity index (χ0n) is 13.9. The number of anilines is 1. The van der Waals surface area contributed by atoms with E-state index in [2.05, 4.69) is 33.0 Å². The third-order valence-electron chi connectivity index (χ3n) is 4.41. The lowest BCUT2D eigenvalue weighted by molar-refractivity contribution is -0.914. The number of ether oxygens (including phenoxy) is 1. The number of nitrogens with one attached hydrogen (secondary N) is 1. The van der Waals surface area contributed by atoms with Crippen LogP contribution < -0.4 is 14.5 Å². The highest BCUT2D eigenvalue weighted by Crippen LogP contribution is 2.27. The normalized spacial score (nSPS) is 15.5. The predicted octanol–water partition coefficient (Wildman–Crippen LogP) is 2.89. The van der Waals surface area contributed by atoms with E-state index >= 15 is 0 Å². The molecule has 0 atom stereocenters. The smallest absolute Gasteiger partial charge is 0.142 e. The molecule has 2 aromatic carbocycles. The molecule has 0 unspecified atom stereocenters. The molecule has 3 nitrogen and oxygen atoms in total. The lowest BCUT2D eigenvalue weighted by atomic mass is 10.2. The Bertz CT molecular complexity index is 687. The van der Waals surface area contributed by atoms with Crippen molar-refractivity contribution in [2.75, 3.05) is 37.7 Å². The van der Waals surface area contributed by atoms with E-state index in [1.165, 1.54) is 22.2 Å². The number of hydrogen-bond donors (Lipinski definition) is 1. The molecule has 0 amide bonds. The molecule has 0 saturated carbocycles. The average molecular weight is 394 g/mol. The second kappa shape index (κ2) is 7.99. The van der Waals surface area contributed by atoms with Crippen LogP contribution in [0, 0.1) is 5.82 Å². The zero-order chi connectivity index (χ0) is 16.9. The van der Waals surface area contributed by atoms with Crippen molar-refractivity contribution in [2.24, 2.45) is 0 Å². The van der Waals surface area contributed by atoms with Crippen molar-refractivity contribution in [3.8, 4) is 5.75 Å². The largest absolute Gasteiger partial charge is 0.492 e. The molecule has 1 aliphatic rings. The Balaban J connectivity index is 1.60. The van der Waals surface area contributed by atoms with Crippen LogP contribution in [-0.4, -0.2) is 32.8 Å². The first-order chi connectivity index (χ1) is 11.7. The minimum Gasteiger partial charge on any atom is -0.492 e. The highest BCUT2D eigenvalue weighted by molar-refractivity contribution is 9.10. The van der Waals surface area contributed by atoms with Crippen molar-refractivity contribution in [1.82, 2.24) is 0 Å². The maximum absolute atomic E-state index is 13.3. The van der Waals surface area contributed by atoms with E-state index in [4.69, 9.17) is 4.74 Å². The average Bonchev–Trinajstić information content (AvgIpc) is 2.60. The van der Waals surface area contributed by atoms with Crippen molar-refractivity contribution in [3.05, 3.63) is 58.3 Å². The fraction of sp³-hybridized carbons (Fsp3) is 0.368. The van der Waals surface area contributed by atoms with Gasteiger partial charge in [0.2, 0.25) is 0 Å². The number of quaternary nitrogens is 1. The van der Waals surface area contributed by atoms with Crippen LogP contribution in [0.3, 0.4) is 0 Å². The van der Waals surface area contributed by atoms with Crippen molar-refractivity contribution < 1.29 is 14.0 Å². The summed E-state index contributed by atoms with van der Waals surface area (Å²) in [5.74, 6) is 0.761. The Labute approximate surface area is 151 Å². The Morgan fingerprint density at radius 1 is 1.17 bits per heavy atom. The van der Waals surface area contributed by atoms with E-state index < -0.39 is 0 Å². The van der Waals surface area contributed by atoms with Gasteiger partial charge in [-0.1, -0.05) is 18.2 Å². The lowest BCUT2D eigenvalue weighted by Crippen LogP contribution is -3.13. The summed E-state index contributed by atoms with van der Waals surface area (Å²) < 4.78 is 19.6. The first kappa shape index (κ1) is 17.2. The topological polar surface area (TPSA) is 16.9 Å². The molecule has 1 saturated heterocycles. The number of hydrogen-bond acceptors (Lipinski definition) is 2. The number of para-hydroxylation sites is 2. The van der Waals surface area contributed by atoms with E-state index in [1.807, 2.05) is 31.2 Å². The van der Waals surface area contributed by atoms with E-state index in [-0.39, 0.29) is 5.82 Å². The maximum atomic E-state index is 13.3. The van der Waals surface area contributed by atoms with Gasteiger partial charge in [0.05, 0.1) is 42.9 Å². The van der Waals surface area contributed by atoms with Gasteiger partial charge < -0.3 is 14.5 Å². The summed E-state index contributed by atoms with van der Waals surface area (Å²) in [6.45, 7) is 7.76. The van der Waals surface area contributed by atoms with Gasteiger partial charge in [-0.2, -0.15) is 0 Å². The quantitative estimate of drug-likeness (QED) is 0.840. The van der Waals surface area contributed by atoms with Crippen LogP contribution >= 0.6 is 15.9 Å². The number of benzene rings is 2. The van der Waals surface area contributed by atoms with Gasteiger partial charge in [0.1, 0.15) is 18.1 Å². The minimum absolute atomic E-state index is 0.203. The molecule has 0 aromatic heterocycles. The molecular weight excluding hydrogens is 371 g/mol. The van der Waals surface area contributed by atoms with Crippen LogP contribution in [0.5, 0.6) is 5.75 Å². The van der Waals surface area contributed by atoms with Gasteiger partial charge >= 0.3 is 0 Å². The van der Waals surface area contributed by atoms with Crippen LogP contribution in [0.25, 0.3) is 0 Å². The highest BCUT2D eigenvalue weighted by Gasteiger charge is 2.22. The van der Waals surface area contributed by atoms with Gasteiger partial charge in [0, 0.05) is 5.56 Å². The Morgan fingerprint density at radius 3 is 2.62 bits per heavy atom. The van der Waals surface area contributed by atoms with Gasteiger partial charge in [0.25, 0.3) is 0 Å². The molecule has 3 rings (SSSR count). The second-order valence-electron chi connectivity index (χ2n) is 6.06. The van der Waals surface area contributed by atoms with E-state index in [0.717, 1.165) is 38.5 Å². The van der Waals surface area contributed by atoms with E-state index in [1.54, 1.807) is 0 Å². The molecule has 1 aliphatic heterocycles. The lowest BCUT2D eigenvalue weighted by Gasteiger charge is -2.34. The van der Waals surface area contributed by atoms with Gasteiger partial charge in [-0.15, -0.1) is 0 Å². The Hall–Kier alpha value is -1.59. The standard InChI is InChI=1S/C19H22BrFN2O/c1-2-24-19-6-4-3-5-18(19)23-11-9-22(10-12-23)14-15-7-8-17(21)16(20)13-15/h3-8,13H,2,9-12,14H2,1H3/p+1. The fourth-order valence-corrected chi connectivity index (χ4v) is 3.60. The van der Waals surface area contributed by atoms with Crippen molar-refractivity contribution in [3.63, 3.8) is 0 Å². The number of nitrogens with zero attached hydrogens (tertiary/aromatic N) is 1. The van der Waals surface area contributed by atoms with Gasteiger partial charge in [-0.3, -0.25) is 0 Å². The predicted molar refractivity (Wildman–Crippen MR) is 98.3 cm³/mol. The van der Waals surface area contributed by atoms with Crippen LogP contribution in [0.15, 0.2) is 46.9 Å². The first-order valence-corrected chi connectivity index (χ1v) is 9.21. The molecular formula is C19H23BrFN2O+. The molecule has 1 fully saturated rings. The molecule has 1 N–H and O–H groups in total. The Kier molecular flexibility index (Phi) is 5.74. The fourth-order valence-electron chi connectivity index (χ4n) is 3.17. The van der Waals surface area contributed by atoms with Crippen LogP contribution in [0.4, 0.5) is 10.1 Å². The van der Waals surface area contributed by atoms with Gasteiger partial charge in [0.15, 0.2) is 0 Å². The highest BCUT2D eigenvalue weighted by atomic mass is 79.9. The van der Waals surface area contributed by atoms with Crippen molar-refractivity contribution >= 4 is 21.6 Å². The molecule has 2 aromatic rings. The summed E-state index contributed by atoms with van der Waals surface area (Å²) >= 11 is 3.27. The minimum atomic E-state index is -0.203. The molecule has 5 heteroatoms. The van der Waals surface area contributed by atoms with Gasteiger partial charge in [-0.25, -0.2) is 4.39 Å². The summed E-state index contributed by atoms with van der Waals surface area (Å²) in [4.78, 5) is 3.92.